The second kappa shape index (κ2) is 6.10. The number of aryl methyl sites for hydroxylation is 2. The van der Waals surface area contributed by atoms with Crippen LogP contribution in [0.15, 0.2) is 18.2 Å². The fraction of sp³-hybridized carbons (Fsp3) is 0.684. The summed E-state index contributed by atoms with van der Waals surface area (Å²) in [6.07, 6.45) is 5.53. The molecule has 0 spiro atoms. The van der Waals surface area contributed by atoms with Gasteiger partial charge in [0.1, 0.15) is 0 Å². The summed E-state index contributed by atoms with van der Waals surface area (Å²) in [6, 6.07) is 9.23. The van der Waals surface area contributed by atoms with Gasteiger partial charge in [-0.25, -0.2) is 0 Å². The van der Waals surface area contributed by atoms with Crippen LogP contribution in [0.3, 0.4) is 0 Å². The lowest BCUT2D eigenvalue weighted by atomic mass is 9.81. The normalized spacial score (nSPS) is 30.6. The molecule has 2 nitrogen and oxygen atoms in total. The highest BCUT2D eigenvalue weighted by molar-refractivity contribution is 5.31. The lowest BCUT2D eigenvalue weighted by Gasteiger charge is -2.40. The summed E-state index contributed by atoms with van der Waals surface area (Å²) in [4.78, 5) is 2.64. The Morgan fingerprint density at radius 1 is 1.10 bits per heavy atom. The molecule has 1 N–H and O–H groups in total. The highest BCUT2D eigenvalue weighted by Crippen LogP contribution is 2.42. The van der Waals surface area contributed by atoms with Crippen molar-refractivity contribution in [1.29, 1.82) is 0 Å². The average molecular weight is 286 g/mol. The Bertz CT molecular complexity index is 462. The van der Waals surface area contributed by atoms with Gasteiger partial charge >= 0.3 is 0 Å². The summed E-state index contributed by atoms with van der Waals surface area (Å²) < 4.78 is 0. The number of nitrogens with one attached hydrogen (secondary N) is 1. The zero-order valence-corrected chi connectivity index (χ0v) is 14.0. The first-order valence-corrected chi connectivity index (χ1v) is 8.62. The van der Waals surface area contributed by atoms with Crippen LogP contribution in [0.4, 0.5) is 0 Å². The van der Waals surface area contributed by atoms with E-state index in [1.54, 1.807) is 0 Å². The quantitative estimate of drug-likeness (QED) is 0.905. The molecule has 2 bridgehead atoms. The molecule has 0 amide bonds. The van der Waals surface area contributed by atoms with E-state index in [-0.39, 0.29) is 0 Å². The van der Waals surface area contributed by atoms with Gasteiger partial charge in [0, 0.05) is 18.1 Å². The minimum atomic E-state index is 0.533. The van der Waals surface area contributed by atoms with Crippen LogP contribution in [0, 0.1) is 19.8 Å². The standard InChI is InChI=1S/C19H30N2/c1-5-20-19(15-9-13(2)8-14(3)10-15)16-11-17-6-7-18(12-16)21(17)4/h8-10,16-20H,5-7,11-12H2,1-4H3. The second-order valence-corrected chi connectivity index (χ2v) is 7.24. The van der Waals surface area contributed by atoms with Gasteiger partial charge in [-0.2, -0.15) is 0 Å². The van der Waals surface area contributed by atoms with E-state index in [4.69, 9.17) is 0 Å². The summed E-state index contributed by atoms with van der Waals surface area (Å²) >= 11 is 0. The molecule has 3 atom stereocenters. The molecule has 3 rings (SSSR count). The van der Waals surface area contributed by atoms with Gasteiger partial charge in [-0.1, -0.05) is 36.2 Å². The predicted molar refractivity (Wildman–Crippen MR) is 89.6 cm³/mol. The number of piperidine rings is 1. The predicted octanol–water partition coefficient (Wildman–Crippen LogP) is 3.83. The molecule has 116 valence electrons. The van der Waals surface area contributed by atoms with E-state index in [9.17, 15) is 0 Å². The second-order valence-electron chi connectivity index (χ2n) is 7.24. The van der Waals surface area contributed by atoms with Crippen LogP contribution in [0.25, 0.3) is 0 Å². The van der Waals surface area contributed by atoms with Crippen molar-refractivity contribution in [2.75, 3.05) is 13.6 Å². The summed E-state index contributed by atoms with van der Waals surface area (Å²) in [7, 11) is 2.33. The molecule has 2 aliphatic heterocycles. The highest BCUT2D eigenvalue weighted by atomic mass is 15.2. The zero-order chi connectivity index (χ0) is 15.0. The Morgan fingerprint density at radius 2 is 1.67 bits per heavy atom. The van der Waals surface area contributed by atoms with Crippen LogP contribution >= 0.6 is 0 Å². The Labute approximate surface area is 129 Å². The van der Waals surface area contributed by atoms with E-state index < -0.39 is 0 Å². The monoisotopic (exact) mass is 286 g/mol. The van der Waals surface area contributed by atoms with Gasteiger partial charge in [-0.15, -0.1) is 0 Å². The molecule has 2 saturated heterocycles. The maximum absolute atomic E-state index is 3.79. The lowest BCUT2D eigenvalue weighted by molar-refractivity contribution is 0.113. The smallest absolute Gasteiger partial charge is 0.0349 e. The number of hydrogen-bond donors (Lipinski definition) is 1. The van der Waals surface area contributed by atoms with Crippen molar-refractivity contribution in [3.05, 3.63) is 34.9 Å². The Balaban J connectivity index is 1.84. The number of hydrogen-bond acceptors (Lipinski definition) is 2. The van der Waals surface area contributed by atoms with Gasteiger partial charge in [-0.05, 0) is 64.6 Å². The van der Waals surface area contributed by atoms with Gasteiger partial charge in [0.2, 0.25) is 0 Å². The topological polar surface area (TPSA) is 15.3 Å². The van der Waals surface area contributed by atoms with Crippen molar-refractivity contribution in [3.8, 4) is 0 Å². The van der Waals surface area contributed by atoms with Gasteiger partial charge in [0.05, 0.1) is 0 Å². The minimum absolute atomic E-state index is 0.533. The van der Waals surface area contributed by atoms with E-state index >= 15 is 0 Å². The van der Waals surface area contributed by atoms with Crippen LogP contribution in [0.5, 0.6) is 0 Å². The molecule has 0 aromatic heterocycles. The molecule has 1 aromatic rings. The van der Waals surface area contributed by atoms with Crippen molar-refractivity contribution in [2.45, 2.75) is 64.6 Å². The molecule has 21 heavy (non-hydrogen) atoms. The van der Waals surface area contributed by atoms with Gasteiger partial charge in [0.15, 0.2) is 0 Å². The van der Waals surface area contributed by atoms with E-state index in [1.165, 1.54) is 42.4 Å². The molecule has 0 saturated carbocycles. The fourth-order valence-electron chi connectivity index (χ4n) is 4.69. The first-order valence-electron chi connectivity index (χ1n) is 8.62. The Morgan fingerprint density at radius 3 is 2.19 bits per heavy atom. The Kier molecular flexibility index (Phi) is 4.37. The summed E-state index contributed by atoms with van der Waals surface area (Å²) in [5, 5.41) is 3.79. The van der Waals surface area contributed by atoms with Crippen molar-refractivity contribution >= 4 is 0 Å². The van der Waals surface area contributed by atoms with Crippen molar-refractivity contribution < 1.29 is 0 Å². The maximum atomic E-state index is 3.79. The molecular formula is C19H30N2. The SMILES string of the molecule is CCNC(c1cc(C)cc(C)c1)C1CC2CCC(C1)N2C. The molecule has 3 unspecified atom stereocenters. The number of nitrogens with zero attached hydrogens (tertiary/aromatic N) is 1. The van der Waals surface area contributed by atoms with Gasteiger partial charge in [0.25, 0.3) is 0 Å². The first kappa shape index (κ1) is 15.1. The van der Waals surface area contributed by atoms with Crippen molar-refractivity contribution in [1.82, 2.24) is 10.2 Å². The average Bonchev–Trinajstić information content (AvgIpc) is 2.65. The largest absolute Gasteiger partial charge is 0.310 e. The zero-order valence-electron chi connectivity index (χ0n) is 14.0. The number of fused-ring (bicyclic) bond motifs is 2. The van der Waals surface area contributed by atoms with Gasteiger partial charge in [-0.3, -0.25) is 0 Å². The summed E-state index contributed by atoms with van der Waals surface area (Å²) in [5.74, 6) is 0.792. The van der Waals surface area contributed by atoms with E-state index in [0.717, 1.165) is 24.5 Å². The van der Waals surface area contributed by atoms with E-state index in [2.05, 4.69) is 56.2 Å². The summed E-state index contributed by atoms with van der Waals surface area (Å²) in [5.41, 5.74) is 4.29. The summed E-state index contributed by atoms with van der Waals surface area (Å²) in [6.45, 7) is 7.73. The third kappa shape index (κ3) is 3.02. The minimum Gasteiger partial charge on any atom is -0.310 e. The molecule has 1 aromatic carbocycles. The van der Waals surface area contributed by atoms with Gasteiger partial charge < -0.3 is 10.2 Å². The third-order valence-electron chi connectivity index (χ3n) is 5.63. The molecule has 2 aliphatic rings. The molecule has 0 aliphatic carbocycles. The van der Waals surface area contributed by atoms with Crippen LogP contribution in [0.1, 0.15) is 55.3 Å². The number of rotatable bonds is 4. The first-order chi connectivity index (χ1) is 10.1. The molecule has 2 heteroatoms. The van der Waals surface area contributed by atoms with Crippen LogP contribution in [-0.4, -0.2) is 30.6 Å². The van der Waals surface area contributed by atoms with E-state index in [1.807, 2.05) is 0 Å². The fourth-order valence-corrected chi connectivity index (χ4v) is 4.69. The molecule has 0 radical (unpaired) electrons. The maximum Gasteiger partial charge on any atom is 0.0349 e. The van der Waals surface area contributed by atoms with E-state index in [0.29, 0.717) is 6.04 Å². The molecule has 2 fully saturated rings. The lowest BCUT2D eigenvalue weighted by Crippen LogP contribution is -2.43. The highest BCUT2D eigenvalue weighted by Gasteiger charge is 2.41. The van der Waals surface area contributed by atoms with Crippen LogP contribution in [-0.2, 0) is 0 Å². The Hall–Kier alpha value is -0.860. The number of benzene rings is 1. The van der Waals surface area contributed by atoms with Crippen LogP contribution < -0.4 is 5.32 Å². The third-order valence-corrected chi connectivity index (χ3v) is 5.63. The molecule has 2 heterocycles. The molecular weight excluding hydrogens is 256 g/mol. The van der Waals surface area contributed by atoms with Crippen molar-refractivity contribution in [2.24, 2.45) is 5.92 Å². The van der Waals surface area contributed by atoms with Crippen molar-refractivity contribution in [3.63, 3.8) is 0 Å². The van der Waals surface area contributed by atoms with Crippen LogP contribution in [0.2, 0.25) is 0 Å².